The molecule has 1 fully saturated rings. The summed E-state index contributed by atoms with van der Waals surface area (Å²) < 4.78 is 5.29. The summed E-state index contributed by atoms with van der Waals surface area (Å²) in [5.41, 5.74) is 2.96. The fraction of sp³-hybridized carbons (Fsp3) is 0.500. The molecule has 0 N–H and O–H groups in total. The van der Waals surface area contributed by atoms with Crippen LogP contribution in [-0.4, -0.2) is 7.11 Å². The third-order valence-electron chi connectivity index (χ3n) is 4.40. The van der Waals surface area contributed by atoms with Crippen LogP contribution in [0.2, 0.25) is 0 Å². The maximum Gasteiger partial charge on any atom is 0.119 e. The van der Waals surface area contributed by atoms with Crippen molar-refractivity contribution in [2.45, 2.75) is 31.1 Å². The highest BCUT2D eigenvalue weighted by molar-refractivity contribution is 5.47. The summed E-state index contributed by atoms with van der Waals surface area (Å²) >= 11 is 0. The molecule has 2 aliphatic rings. The molecule has 2 heteroatoms. The number of fused-ring (bicyclic) bond motifs is 2. The Bertz CT molecular complexity index is 474. The summed E-state index contributed by atoms with van der Waals surface area (Å²) in [6, 6.07) is 8.80. The van der Waals surface area contributed by atoms with Crippen LogP contribution in [0.5, 0.6) is 5.75 Å². The molecule has 0 bridgehead atoms. The summed E-state index contributed by atoms with van der Waals surface area (Å²) in [7, 11) is 1.70. The first-order chi connectivity index (χ1) is 7.80. The van der Waals surface area contributed by atoms with Crippen LogP contribution in [-0.2, 0) is 11.8 Å². The fourth-order valence-electron chi connectivity index (χ4n) is 3.30. The van der Waals surface area contributed by atoms with Crippen molar-refractivity contribution in [1.82, 2.24) is 0 Å². The van der Waals surface area contributed by atoms with E-state index in [0.717, 1.165) is 25.0 Å². The van der Waals surface area contributed by atoms with E-state index in [1.165, 1.54) is 17.5 Å². The van der Waals surface area contributed by atoms with Gasteiger partial charge in [-0.15, -0.1) is 0 Å². The van der Waals surface area contributed by atoms with Crippen molar-refractivity contribution >= 4 is 0 Å². The monoisotopic (exact) mass is 213 g/mol. The van der Waals surface area contributed by atoms with E-state index in [-0.39, 0.29) is 11.3 Å². The number of ether oxygens (including phenoxy) is 1. The van der Waals surface area contributed by atoms with Gasteiger partial charge in [-0.05, 0) is 48.9 Å². The highest BCUT2D eigenvalue weighted by Gasteiger charge is 2.51. The smallest absolute Gasteiger partial charge is 0.119 e. The van der Waals surface area contributed by atoms with E-state index < -0.39 is 0 Å². The van der Waals surface area contributed by atoms with Gasteiger partial charge in [-0.2, -0.15) is 5.26 Å². The van der Waals surface area contributed by atoms with E-state index in [1.807, 2.05) is 6.07 Å². The van der Waals surface area contributed by atoms with Crippen molar-refractivity contribution in [1.29, 1.82) is 5.26 Å². The first-order valence-electron chi connectivity index (χ1n) is 5.87. The zero-order valence-corrected chi connectivity index (χ0v) is 9.49. The molecule has 2 aliphatic carbocycles. The molecule has 82 valence electrons. The summed E-state index contributed by atoms with van der Waals surface area (Å²) in [4.78, 5) is 0. The second-order valence-corrected chi connectivity index (χ2v) is 4.90. The molecule has 0 aromatic heterocycles. The molecule has 0 saturated heterocycles. The molecule has 1 spiro atoms. The van der Waals surface area contributed by atoms with Gasteiger partial charge in [0.15, 0.2) is 0 Å². The molecular weight excluding hydrogens is 198 g/mol. The number of hydrogen-bond acceptors (Lipinski definition) is 2. The Labute approximate surface area is 95.8 Å². The maximum atomic E-state index is 9.18. The van der Waals surface area contributed by atoms with Crippen LogP contribution in [0, 0.1) is 17.2 Å². The molecule has 1 saturated carbocycles. The average Bonchev–Trinajstić information content (AvgIpc) is 2.68. The van der Waals surface area contributed by atoms with E-state index in [4.69, 9.17) is 4.74 Å². The lowest BCUT2D eigenvalue weighted by Crippen LogP contribution is -2.41. The topological polar surface area (TPSA) is 33.0 Å². The van der Waals surface area contributed by atoms with Crippen LogP contribution in [0.3, 0.4) is 0 Å². The zero-order chi connectivity index (χ0) is 11.2. The third-order valence-corrected chi connectivity index (χ3v) is 4.40. The van der Waals surface area contributed by atoms with Crippen LogP contribution < -0.4 is 4.74 Å². The van der Waals surface area contributed by atoms with Gasteiger partial charge in [0, 0.05) is 5.41 Å². The van der Waals surface area contributed by atoms with E-state index in [9.17, 15) is 5.26 Å². The Morgan fingerprint density at radius 3 is 2.94 bits per heavy atom. The molecule has 3 rings (SSSR count). The van der Waals surface area contributed by atoms with Crippen molar-refractivity contribution in [3.63, 3.8) is 0 Å². The zero-order valence-electron chi connectivity index (χ0n) is 9.49. The molecule has 0 aliphatic heterocycles. The summed E-state index contributed by atoms with van der Waals surface area (Å²) in [5, 5.41) is 9.18. The fourth-order valence-corrected chi connectivity index (χ4v) is 3.30. The van der Waals surface area contributed by atoms with Gasteiger partial charge in [0.2, 0.25) is 0 Å². The number of nitriles is 1. The Morgan fingerprint density at radius 1 is 1.44 bits per heavy atom. The van der Waals surface area contributed by atoms with Gasteiger partial charge in [-0.3, -0.25) is 0 Å². The van der Waals surface area contributed by atoms with Crippen molar-refractivity contribution in [3.05, 3.63) is 29.3 Å². The molecule has 2 atom stereocenters. The van der Waals surface area contributed by atoms with Crippen molar-refractivity contribution < 1.29 is 4.74 Å². The van der Waals surface area contributed by atoms with Crippen LogP contribution in [0.1, 0.15) is 30.4 Å². The van der Waals surface area contributed by atoms with Gasteiger partial charge in [0.05, 0.1) is 19.1 Å². The number of rotatable bonds is 1. The van der Waals surface area contributed by atoms with E-state index in [2.05, 4.69) is 18.2 Å². The standard InChI is InChI=1S/C14H15NO/c1-16-12-3-2-10-4-6-14(13(10)8-12)7-5-11(14)9-15/h2-3,8,11H,4-7H2,1H3/t11-,14-/m1/s1. The van der Waals surface area contributed by atoms with Crippen LogP contribution >= 0.6 is 0 Å². The first kappa shape index (κ1) is 9.72. The Hall–Kier alpha value is -1.49. The van der Waals surface area contributed by atoms with Crippen molar-refractivity contribution in [2.24, 2.45) is 5.92 Å². The Balaban J connectivity index is 2.08. The minimum atomic E-state index is 0.165. The number of nitrogens with zero attached hydrogens (tertiary/aromatic N) is 1. The molecular formula is C14H15NO. The van der Waals surface area contributed by atoms with Gasteiger partial charge in [0.25, 0.3) is 0 Å². The summed E-state index contributed by atoms with van der Waals surface area (Å²) in [5.74, 6) is 1.14. The van der Waals surface area contributed by atoms with Crippen LogP contribution in [0.15, 0.2) is 18.2 Å². The maximum absolute atomic E-state index is 9.18. The predicted octanol–water partition coefficient (Wildman–Crippen LogP) is 2.81. The normalized spacial score (nSPS) is 30.6. The third kappa shape index (κ3) is 1.06. The minimum Gasteiger partial charge on any atom is -0.497 e. The number of aryl methyl sites for hydroxylation is 1. The quantitative estimate of drug-likeness (QED) is 0.718. The average molecular weight is 213 g/mol. The largest absolute Gasteiger partial charge is 0.497 e. The highest BCUT2D eigenvalue weighted by atomic mass is 16.5. The van der Waals surface area contributed by atoms with Gasteiger partial charge >= 0.3 is 0 Å². The summed E-state index contributed by atoms with van der Waals surface area (Å²) in [6.07, 6.45) is 4.50. The Kier molecular flexibility index (Phi) is 1.97. The molecule has 0 amide bonds. The van der Waals surface area contributed by atoms with Gasteiger partial charge in [0.1, 0.15) is 5.75 Å². The van der Waals surface area contributed by atoms with Gasteiger partial charge in [-0.1, -0.05) is 6.07 Å². The van der Waals surface area contributed by atoms with E-state index >= 15 is 0 Å². The molecule has 16 heavy (non-hydrogen) atoms. The van der Waals surface area contributed by atoms with E-state index in [0.29, 0.717) is 0 Å². The lowest BCUT2D eigenvalue weighted by molar-refractivity contribution is 0.171. The molecule has 1 aromatic carbocycles. The SMILES string of the molecule is COc1ccc2c(c1)[C@]1(CC2)CC[C@@H]1C#N. The first-order valence-corrected chi connectivity index (χ1v) is 5.87. The molecule has 0 heterocycles. The molecule has 0 unspecified atom stereocenters. The lowest BCUT2D eigenvalue weighted by atomic mass is 9.58. The second-order valence-electron chi connectivity index (χ2n) is 4.90. The highest BCUT2D eigenvalue weighted by Crippen LogP contribution is 2.56. The number of methoxy groups -OCH3 is 1. The number of benzene rings is 1. The van der Waals surface area contributed by atoms with E-state index in [1.54, 1.807) is 7.11 Å². The summed E-state index contributed by atoms with van der Waals surface area (Å²) in [6.45, 7) is 0. The number of hydrogen-bond donors (Lipinski definition) is 0. The molecule has 0 radical (unpaired) electrons. The Morgan fingerprint density at radius 2 is 2.31 bits per heavy atom. The van der Waals surface area contributed by atoms with Crippen LogP contribution in [0.4, 0.5) is 0 Å². The molecule has 2 nitrogen and oxygen atoms in total. The van der Waals surface area contributed by atoms with Gasteiger partial charge in [-0.25, -0.2) is 0 Å². The minimum absolute atomic E-state index is 0.165. The lowest BCUT2D eigenvalue weighted by Gasteiger charge is -2.44. The second kappa shape index (κ2) is 3.25. The van der Waals surface area contributed by atoms with Crippen molar-refractivity contribution in [2.75, 3.05) is 7.11 Å². The van der Waals surface area contributed by atoms with Gasteiger partial charge < -0.3 is 4.74 Å². The van der Waals surface area contributed by atoms with Crippen molar-refractivity contribution in [3.8, 4) is 11.8 Å². The molecule has 1 aromatic rings. The van der Waals surface area contributed by atoms with Crippen LogP contribution in [0.25, 0.3) is 0 Å². The predicted molar refractivity (Wildman–Crippen MR) is 61.3 cm³/mol.